The Hall–Kier alpha value is -0.600. The highest BCUT2D eigenvalue weighted by Gasteiger charge is 1.94. The molecule has 0 N–H and O–H groups in total. The molecule has 0 saturated heterocycles. The molecule has 0 saturated carbocycles. The summed E-state index contributed by atoms with van der Waals surface area (Å²) in [5.74, 6) is 0. The molecule has 0 aromatic carbocycles. The second-order valence-electron chi connectivity index (χ2n) is 3.74. The fourth-order valence-corrected chi connectivity index (χ4v) is 1.11. The van der Waals surface area contributed by atoms with Gasteiger partial charge in [0.05, 0.1) is 6.61 Å². The third-order valence-corrected chi connectivity index (χ3v) is 1.97. The van der Waals surface area contributed by atoms with Gasteiger partial charge in [0.25, 0.3) is 0 Å². The number of halogens is 1. The maximum Gasteiger partial charge on any atom is 0.247 e. The van der Waals surface area contributed by atoms with Gasteiger partial charge < -0.3 is 4.74 Å². The summed E-state index contributed by atoms with van der Waals surface area (Å²) in [5, 5.41) is -0.453. The molecule has 0 atom stereocenters. The molecule has 0 rings (SSSR count). The molecule has 0 aliphatic heterocycles. The maximum atomic E-state index is 10.3. The van der Waals surface area contributed by atoms with Crippen molar-refractivity contribution in [2.45, 2.75) is 33.6 Å². The molecule has 0 heterocycles. The molecule has 0 aromatic rings. The molecule has 0 radical (unpaired) electrons. The van der Waals surface area contributed by atoms with Gasteiger partial charge in [-0.3, -0.25) is 4.79 Å². The van der Waals surface area contributed by atoms with Crippen LogP contribution in [0, 0.1) is 0 Å². The lowest BCUT2D eigenvalue weighted by atomic mass is 10.1. The minimum absolute atomic E-state index is 0.0146. The number of carbonyl (C=O) groups is 1. The van der Waals surface area contributed by atoms with Crippen LogP contribution in [0.2, 0.25) is 0 Å². The molecule has 0 aliphatic rings. The van der Waals surface area contributed by atoms with Crippen molar-refractivity contribution in [3.63, 3.8) is 0 Å². The monoisotopic (exact) mass is 230 g/mol. The van der Waals surface area contributed by atoms with Crippen molar-refractivity contribution in [1.82, 2.24) is 0 Å². The summed E-state index contributed by atoms with van der Waals surface area (Å²) in [6.45, 7) is 6.69. The van der Waals surface area contributed by atoms with E-state index in [0.29, 0.717) is 6.61 Å². The van der Waals surface area contributed by atoms with Crippen LogP contribution in [-0.2, 0) is 9.53 Å². The van der Waals surface area contributed by atoms with Crippen LogP contribution in [0.4, 0.5) is 0 Å². The second kappa shape index (κ2) is 8.69. The largest absolute Gasteiger partial charge is 0.368 e. The first kappa shape index (κ1) is 14.4. The normalized spacial score (nSPS) is 11.3. The average Bonchev–Trinajstić information content (AvgIpc) is 2.11. The van der Waals surface area contributed by atoms with Crippen LogP contribution in [0.3, 0.4) is 0 Å². The fourth-order valence-electron chi connectivity index (χ4n) is 1.03. The minimum atomic E-state index is -0.453. The topological polar surface area (TPSA) is 26.3 Å². The van der Waals surface area contributed by atoms with E-state index >= 15 is 0 Å². The molecular weight excluding hydrogens is 212 g/mol. The minimum Gasteiger partial charge on any atom is -0.368 e. The number of carbonyl (C=O) groups excluding carboxylic acids is 1. The standard InChI is InChI=1S/C12H19ClO2/c1-10(2)5-4-6-11(3)7-8-15-9-12(13)14/h5,7H,4,6,8-9H2,1-3H3/b11-7-. The SMILES string of the molecule is CC(C)=CCC/C(C)=C\COCC(=O)Cl. The van der Waals surface area contributed by atoms with Gasteiger partial charge in [-0.2, -0.15) is 0 Å². The van der Waals surface area contributed by atoms with E-state index < -0.39 is 5.24 Å². The van der Waals surface area contributed by atoms with Gasteiger partial charge in [0.15, 0.2) is 0 Å². The number of hydrogen-bond donors (Lipinski definition) is 0. The fraction of sp³-hybridized carbons (Fsp3) is 0.583. The third kappa shape index (κ3) is 11.3. The van der Waals surface area contributed by atoms with E-state index in [1.54, 1.807) is 0 Å². The highest BCUT2D eigenvalue weighted by molar-refractivity contribution is 6.63. The Balaban J connectivity index is 3.61. The number of ether oxygens (including phenoxy) is 1. The lowest BCUT2D eigenvalue weighted by molar-refractivity contribution is -0.115. The number of rotatable bonds is 7. The lowest BCUT2D eigenvalue weighted by Crippen LogP contribution is -2.01. The van der Waals surface area contributed by atoms with E-state index in [0.717, 1.165) is 12.8 Å². The van der Waals surface area contributed by atoms with Gasteiger partial charge in [0.2, 0.25) is 5.24 Å². The Labute approximate surface area is 97.0 Å². The summed E-state index contributed by atoms with van der Waals surface area (Å²) >= 11 is 5.12. The van der Waals surface area contributed by atoms with E-state index in [-0.39, 0.29) is 6.61 Å². The summed E-state index contributed by atoms with van der Waals surface area (Å²) in [5.41, 5.74) is 2.61. The van der Waals surface area contributed by atoms with Crippen molar-refractivity contribution < 1.29 is 9.53 Å². The van der Waals surface area contributed by atoms with Crippen LogP contribution in [0.15, 0.2) is 23.3 Å². The van der Waals surface area contributed by atoms with Gasteiger partial charge in [-0.05, 0) is 45.2 Å². The van der Waals surface area contributed by atoms with Crippen LogP contribution < -0.4 is 0 Å². The summed E-state index contributed by atoms with van der Waals surface area (Å²) in [6, 6.07) is 0. The molecular formula is C12H19ClO2. The zero-order chi connectivity index (χ0) is 11.7. The van der Waals surface area contributed by atoms with E-state index in [1.165, 1.54) is 11.1 Å². The first-order valence-corrected chi connectivity index (χ1v) is 5.45. The lowest BCUT2D eigenvalue weighted by Gasteiger charge is -2.00. The van der Waals surface area contributed by atoms with Gasteiger partial charge in [-0.25, -0.2) is 0 Å². The van der Waals surface area contributed by atoms with Crippen molar-refractivity contribution in [2.24, 2.45) is 0 Å². The summed E-state index contributed by atoms with van der Waals surface area (Å²) < 4.78 is 5.02. The quantitative estimate of drug-likeness (QED) is 0.380. The van der Waals surface area contributed by atoms with Gasteiger partial charge in [0, 0.05) is 0 Å². The molecule has 0 bridgehead atoms. The van der Waals surface area contributed by atoms with Crippen LogP contribution in [0.1, 0.15) is 33.6 Å². The van der Waals surface area contributed by atoms with Crippen molar-refractivity contribution >= 4 is 16.8 Å². The smallest absolute Gasteiger partial charge is 0.247 e. The van der Waals surface area contributed by atoms with E-state index in [2.05, 4.69) is 26.8 Å². The molecule has 0 amide bonds. The molecule has 3 heteroatoms. The number of hydrogen-bond acceptors (Lipinski definition) is 2. The Kier molecular flexibility index (Phi) is 8.34. The first-order chi connectivity index (χ1) is 7.02. The first-order valence-electron chi connectivity index (χ1n) is 5.07. The number of allylic oxidation sites excluding steroid dienone is 3. The summed E-state index contributed by atoms with van der Waals surface area (Å²) in [4.78, 5) is 10.3. The summed E-state index contributed by atoms with van der Waals surface area (Å²) in [7, 11) is 0. The van der Waals surface area contributed by atoms with Gasteiger partial charge in [-0.1, -0.05) is 23.3 Å². The zero-order valence-electron chi connectivity index (χ0n) is 9.68. The van der Waals surface area contributed by atoms with Crippen molar-refractivity contribution in [3.8, 4) is 0 Å². The molecule has 2 nitrogen and oxygen atoms in total. The maximum absolute atomic E-state index is 10.3. The predicted octanol–water partition coefficient (Wildman–Crippen LogP) is 3.46. The highest BCUT2D eigenvalue weighted by atomic mass is 35.5. The van der Waals surface area contributed by atoms with E-state index in [4.69, 9.17) is 16.3 Å². The van der Waals surface area contributed by atoms with Crippen LogP contribution in [0.5, 0.6) is 0 Å². The molecule has 0 aromatic heterocycles. The summed E-state index contributed by atoms with van der Waals surface area (Å²) in [6.07, 6.45) is 6.28. The average molecular weight is 231 g/mol. The van der Waals surface area contributed by atoms with Crippen LogP contribution >= 0.6 is 11.6 Å². The van der Waals surface area contributed by atoms with Crippen molar-refractivity contribution in [1.29, 1.82) is 0 Å². The molecule has 0 spiro atoms. The van der Waals surface area contributed by atoms with Crippen molar-refractivity contribution in [3.05, 3.63) is 23.3 Å². The molecule has 0 fully saturated rings. The third-order valence-electron chi connectivity index (χ3n) is 1.86. The van der Waals surface area contributed by atoms with Crippen LogP contribution in [-0.4, -0.2) is 18.5 Å². The molecule has 15 heavy (non-hydrogen) atoms. The highest BCUT2D eigenvalue weighted by Crippen LogP contribution is 2.06. The van der Waals surface area contributed by atoms with E-state index in [9.17, 15) is 4.79 Å². The van der Waals surface area contributed by atoms with Gasteiger partial charge >= 0.3 is 0 Å². The second-order valence-corrected chi connectivity index (χ2v) is 4.16. The van der Waals surface area contributed by atoms with Gasteiger partial charge in [-0.15, -0.1) is 0 Å². The zero-order valence-corrected chi connectivity index (χ0v) is 10.4. The Bertz CT molecular complexity index is 250. The molecule has 86 valence electrons. The van der Waals surface area contributed by atoms with Crippen LogP contribution in [0.25, 0.3) is 0 Å². The van der Waals surface area contributed by atoms with Crippen molar-refractivity contribution in [2.75, 3.05) is 13.2 Å². The Morgan fingerprint density at radius 1 is 1.27 bits per heavy atom. The van der Waals surface area contributed by atoms with Gasteiger partial charge in [0.1, 0.15) is 6.61 Å². The Morgan fingerprint density at radius 3 is 2.47 bits per heavy atom. The van der Waals surface area contributed by atoms with E-state index in [1.807, 2.05) is 6.08 Å². The predicted molar refractivity (Wildman–Crippen MR) is 64.1 cm³/mol. The molecule has 0 unspecified atom stereocenters. The molecule has 0 aliphatic carbocycles. The Morgan fingerprint density at radius 2 is 1.93 bits per heavy atom.